The Bertz CT molecular complexity index is 560. The van der Waals surface area contributed by atoms with Gasteiger partial charge in [-0.2, -0.15) is 0 Å². The van der Waals surface area contributed by atoms with Gasteiger partial charge in [0.1, 0.15) is 0 Å². The van der Waals surface area contributed by atoms with E-state index in [1.807, 2.05) is 0 Å². The number of nitrogens with one attached hydrogen (secondary N) is 1. The van der Waals surface area contributed by atoms with E-state index < -0.39 is 5.82 Å². The Balaban J connectivity index is 2.35. The van der Waals surface area contributed by atoms with E-state index in [1.165, 1.54) is 24.4 Å². The van der Waals surface area contributed by atoms with Crippen molar-refractivity contribution in [3.63, 3.8) is 0 Å². The fourth-order valence-corrected chi connectivity index (χ4v) is 1.63. The summed E-state index contributed by atoms with van der Waals surface area (Å²) in [5.74, 6) is -0.221. The molecule has 0 bridgehead atoms. The lowest BCUT2D eigenvalue weighted by Crippen LogP contribution is -2.00. The van der Waals surface area contributed by atoms with Crippen molar-refractivity contribution in [1.29, 1.82) is 0 Å². The van der Waals surface area contributed by atoms with Crippen LogP contribution in [0.5, 0.6) is 0 Å². The second-order valence-corrected chi connectivity index (χ2v) is 4.16. The van der Waals surface area contributed by atoms with Gasteiger partial charge in [-0.1, -0.05) is 29.3 Å². The highest BCUT2D eigenvalue weighted by Crippen LogP contribution is 2.27. The van der Waals surface area contributed by atoms with Crippen LogP contribution in [0.3, 0.4) is 0 Å². The van der Waals surface area contributed by atoms with E-state index in [9.17, 15) is 4.39 Å². The van der Waals surface area contributed by atoms with Gasteiger partial charge in [0.25, 0.3) is 0 Å². The highest BCUT2D eigenvalue weighted by molar-refractivity contribution is 6.31. The van der Waals surface area contributed by atoms with Crippen LogP contribution >= 0.6 is 23.2 Å². The zero-order valence-electron chi connectivity index (χ0n) is 8.55. The highest BCUT2D eigenvalue weighted by Gasteiger charge is 2.08. The Kier molecular flexibility index (Phi) is 3.36. The van der Waals surface area contributed by atoms with Crippen LogP contribution in [0.2, 0.25) is 10.0 Å². The van der Waals surface area contributed by atoms with Gasteiger partial charge in [-0.15, -0.1) is 0 Å². The predicted molar refractivity (Wildman–Crippen MR) is 68.4 cm³/mol. The molecule has 1 aromatic heterocycles. The molecule has 0 atom stereocenters. The predicted octanol–water partition coefficient (Wildman–Crippen LogP) is 3.85. The van der Waals surface area contributed by atoms with Crippen molar-refractivity contribution < 1.29 is 4.39 Å². The first kappa shape index (κ1) is 12.0. The van der Waals surface area contributed by atoms with Crippen molar-refractivity contribution in [3.8, 4) is 0 Å². The Hall–Kier alpha value is -1.52. The minimum atomic E-state index is -0.551. The second kappa shape index (κ2) is 4.77. The summed E-state index contributed by atoms with van der Waals surface area (Å²) in [6.45, 7) is 0. The molecule has 88 valence electrons. The number of nitrogen functional groups attached to an aromatic ring is 1. The molecule has 0 aliphatic carbocycles. The van der Waals surface area contributed by atoms with Crippen molar-refractivity contribution in [2.75, 3.05) is 11.1 Å². The van der Waals surface area contributed by atoms with Crippen LogP contribution in [0, 0.1) is 5.82 Å². The third-order valence-corrected chi connectivity index (χ3v) is 2.59. The molecular weight excluding hydrogens is 264 g/mol. The van der Waals surface area contributed by atoms with Crippen molar-refractivity contribution in [3.05, 3.63) is 46.3 Å². The average molecular weight is 272 g/mol. The molecule has 2 rings (SSSR count). The molecule has 0 radical (unpaired) electrons. The van der Waals surface area contributed by atoms with E-state index in [1.54, 1.807) is 6.07 Å². The quantitative estimate of drug-likeness (QED) is 0.872. The van der Waals surface area contributed by atoms with E-state index in [0.29, 0.717) is 16.5 Å². The monoisotopic (exact) mass is 271 g/mol. The number of rotatable bonds is 2. The first-order valence-electron chi connectivity index (χ1n) is 4.70. The molecule has 6 heteroatoms. The van der Waals surface area contributed by atoms with E-state index in [2.05, 4.69) is 10.3 Å². The van der Waals surface area contributed by atoms with Crippen LogP contribution in [0.15, 0.2) is 30.5 Å². The van der Waals surface area contributed by atoms with Crippen LogP contribution in [0.1, 0.15) is 0 Å². The van der Waals surface area contributed by atoms with E-state index >= 15 is 0 Å². The fraction of sp³-hybridized carbons (Fsp3) is 0. The first-order chi connectivity index (χ1) is 8.08. The van der Waals surface area contributed by atoms with Gasteiger partial charge >= 0.3 is 0 Å². The number of nitrogens with zero attached hydrogens (tertiary/aromatic N) is 1. The standard InChI is InChI=1S/C11H8Cl2FN3/c12-6-4-8(15)11(16-5-6)17-9-3-1-2-7(13)10(9)14/h1-5H,15H2,(H,16,17). The topological polar surface area (TPSA) is 50.9 Å². The van der Waals surface area contributed by atoms with Crippen LogP contribution in [0.4, 0.5) is 21.6 Å². The molecule has 2 aromatic rings. The van der Waals surface area contributed by atoms with Gasteiger partial charge in [-0.25, -0.2) is 9.37 Å². The Labute approximate surface area is 107 Å². The molecule has 17 heavy (non-hydrogen) atoms. The lowest BCUT2D eigenvalue weighted by Gasteiger charge is -2.09. The molecule has 0 spiro atoms. The maximum absolute atomic E-state index is 13.6. The molecule has 0 saturated heterocycles. The molecule has 0 aliphatic rings. The van der Waals surface area contributed by atoms with E-state index in [0.717, 1.165) is 0 Å². The number of anilines is 3. The minimum absolute atomic E-state index is 0.0301. The SMILES string of the molecule is Nc1cc(Cl)cnc1Nc1cccc(Cl)c1F. The van der Waals surface area contributed by atoms with Crippen molar-refractivity contribution in [2.45, 2.75) is 0 Å². The number of benzene rings is 1. The number of halogens is 3. The van der Waals surface area contributed by atoms with Crippen LogP contribution < -0.4 is 11.1 Å². The number of hydrogen-bond donors (Lipinski definition) is 2. The van der Waals surface area contributed by atoms with Crippen molar-refractivity contribution in [2.24, 2.45) is 0 Å². The summed E-state index contributed by atoms with van der Waals surface area (Å²) in [7, 11) is 0. The summed E-state index contributed by atoms with van der Waals surface area (Å²) in [6.07, 6.45) is 1.42. The second-order valence-electron chi connectivity index (χ2n) is 3.32. The molecule has 0 unspecified atom stereocenters. The largest absolute Gasteiger partial charge is 0.396 e. The minimum Gasteiger partial charge on any atom is -0.396 e. The fourth-order valence-electron chi connectivity index (χ4n) is 1.29. The molecule has 3 nitrogen and oxygen atoms in total. The summed E-state index contributed by atoms with van der Waals surface area (Å²) in [4.78, 5) is 3.97. The van der Waals surface area contributed by atoms with Gasteiger partial charge in [-0.05, 0) is 18.2 Å². The van der Waals surface area contributed by atoms with Crippen LogP contribution in [0.25, 0.3) is 0 Å². The van der Waals surface area contributed by atoms with Gasteiger partial charge < -0.3 is 11.1 Å². The Morgan fingerprint density at radius 3 is 2.76 bits per heavy atom. The molecule has 0 aliphatic heterocycles. The summed E-state index contributed by atoms with van der Waals surface area (Å²) < 4.78 is 13.6. The van der Waals surface area contributed by atoms with Gasteiger partial charge in [0.15, 0.2) is 11.6 Å². The first-order valence-corrected chi connectivity index (χ1v) is 5.45. The number of pyridine rings is 1. The number of nitrogens with two attached hydrogens (primary N) is 1. The molecule has 0 amide bonds. The van der Waals surface area contributed by atoms with Crippen molar-refractivity contribution in [1.82, 2.24) is 4.98 Å². The summed E-state index contributed by atoms with van der Waals surface area (Å²) in [6, 6.07) is 6.15. The van der Waals surface area contributed by atoms with Gasteiger partial charge in [0, 0.05) is 6.20 Å². The zero-order valence-corrected chi connectivity index (χ0v) is 10.1. The van der Waals surface area contributed by atoms with Crippen LogP contribution in [-0.2, 0) is 0 Å². The molecular formula is C11H8Cl2FN3. The molecule has 0 saturated carbocycles. The summed E-state index contributed by atoms with van der Waals surface area (Å²) in [5, 5.41) is 3.20. The maximum Gasteiger partial charge on any atom is 0.165 e. The summed E-state index contributed by atoms with van der Waals surface area (Å²) in [5.41, 5.74) is 6.23. The van der Waals surface area contributed by atoms with Gasteiger partial charge in [0.05, 0.1) is 21.4 Å². The third-order valence-electron chi connectivity index (χ3n) is 2.09. The molecule has 3 N–H and O–H groups in total. The Morgan fingerprint density at radius 2 is 2.06 bits per heavy atom. The van der Waals surface area contributed by atoms with Gasteiger partial charge in [0.2, 0.25) is 0 Å². The summed E-state index contributed by atoms with van der Waals surface area (Å²) >= 11 is 11.4. The lowest BCUT2D eigenvalue weighted by molar-refractivity contribution is 0.632. The number of hydrogen-bond acceptors (Lipinski definition) is 3. The third kappa shape index (κ3) is 2.60. The molecule has 1 heterocycles. The lowest BCUT2D eigenvalue weighted by atomic mass is 10.3. The normalized spacial score (nSPS) is 10.3. The smallest absolute Gasteiger partial charge is 0.165 e. The molecule has 0 fully saturated rings. The van der Waals surface area contributed by atoms with Crippen LogP contribution in [-0.4, -0.2) is 4.98 Å². The number of aromatic nitrogens is 1. The van der Waals surface area contributed by atoms with E-state index in [-0.39, 0.29) is 10.7 Å². The van der Waals surface area contributed by atoms with Crippen molar-refractivity contribution >= 4 is 40.4 Å². The van der Waals surface area contributed by atoms with E-state index in [4.69, 9.17) is 28.9 Å². The zero-order chi connectivity index (χ0) is 12.4. The highest BCUT2D eigenvalue weighted by atomic mass is 35.5. The van der Waals surface area contributed by atoms with Gasteiger partial charge in [-0.3, -0.25) is 0 Å². The maximum atomic E-state index is 13.6. The average Bonchev–Trinajstić information content (AvgIpc) is 2.28. The molecule has 1 aromatic carbocycles. The Morgan fingerprint density at radius 1 is 1.29 bits per heavy atom.